The second kappa shape index (κ2) is 9.04. The number of hydrogen-bond donors (Lipinski definition) is 0. The lowest BCUT2D eigenvalue weighted by Crippen LogP contribution is -2.48. The van der Waals surface area contributed by atoms with Gasteiger partial charge in [-0.05, 0) is 41.0 Å². The maximum atomic E-state index is 13.8. The van der Waals surface area contributed by atoms with E-state index in [2.05, 4.69) is 12.1 Å². The van der Waals surface area contributed by atoms with Gasteiger partial charge in [-0.25, -0.2) is 9.18 Å². The van der Waals surface area contributed by atoms with Crippen LogP contribution in [0.2, 0.25) is 0 Å². The predicted molar refractivity (Wildman–Crippen MR) is 114 cm³/mol. The average Bonchev–Trinajstić information content (AvgIpc) is 2.79. The van der Waals surface area contributed by atoms with E-state index in [9.17, 15) is 9.18 Å². The van der Waals surface area contributed by atoms with Gasteiger partial charge in [-0.2, -0.15) is 0 Å². The number of benzene rings is 3. The van der Waals surface area contributed by atoms with Crippen LogP contribution in [0.5, 0.6) is 5.75 Å². The molecule has 3 aromatic carbocycles. The van der Waals surface area contributed by atoms with Crippen molar-refractivity contribution >= 4 is 16.7 Å². The Kier molecular flexibility index (Phi) is 6.20. The van der Waals surface area contributed by atoms with Gasteiger partial charge in [0.1, 0.15) is 18.2 Å². The molecular formula is C25H25FO5. The van der Waals surface area contributed by atoms with Crippen molar-refractivity contribution in [3.8, 4) is 5.75 Å². The lowest BCUT2D eigenvalue weighted by Gasteiger charge is -2.35. The third-order valence-electron chi connectivity index (χ3n) is 5.50. The lowest BCUT2D eigenvalue weighted by atomic mass is 9.97. The number of halogens is 1. The summed E-state index contributed by atoms with van der Waals surface area (Å²) >= 11 is 0. The van der Waals surface area contributed by atoms with E-state index in [1.807, 2.05) is 24.3 Å². The molecule has 31 heavy (non-hydrogen) atoms. The number of fused-ring (bicyclic) bond motifs is 1. The highest BCUT2D eigenvalue weighted by atomic mass is 19.1. The lowest BCUT2D eigenvalue weighted by molar-refractivity contribution is -0.272. The summed E-state index contributed by atoms with van der Waals surface area (Å²) in [4.78, 5) is 11.8. The van der Waals surface area contributed by atoms with Crippen molar-refractivity contribution in [3.05, 3.63) is 77.6 Å². The highest BCUT2D eigenvalue weighted by Crippen LogP contribution is 2.27. The molecule has 1 saturated heterocycles. The van der Waals surface area contributed by atoms with Gasteiger partial charge in [0.2, 0.25) is 0 Å². The first-order valence-electron chi connectivity index (χ1n) is 10.2. The molecule has 0 amide bonds. The molecule has 1 aliphatic heterocycles. The monoisotopic (exact) mass is 424 g/mol. The summed E-state index contributed by atoms with van der Waals surface area (Å²) in [7, 11) is 1.32. The molecule has 4 rings (SSSR count). The first-order valence-corrected chi connectivity index (χ1v) is 10.2. The number of carbonyl (C=O) groups excluding carboxylic acids is 1. The van der Waals surface area contributed by atoms with Gasteiger partial charge in [-0.15, -0.1) is 0 Å². The Morgan fingerprint density at radius 1 is 1.06 bits per heavy atom. The maximum absolute atomic E-state index is 13.8. The molecule has 5 nitrogen and oxygen atoms in total. The van der Waals surface area contributed by atoms with Crippen molar-refractivity contribution in [2.75, 3.05) is 20.3 Å². The summed E-state index contributed by atoms with van der Waals surface area (Å²) in [6, 6.07) is 18.7. The van der Waals surface area contributed by atoms with Gasteiger partial charge >= 0.3 is 5.97 Å². The van der Waals surface area contributed by atoms with Gasteiger partial charge in [-0.1, -0.05) is 42.5 Å². The van der Waals surface area contributed by atoms with Gasteiger partial charge in [-0.3, -0.25) is 0 Å². The molecule has 0 aliphatic carbocycles. The molecule has 1 fully saturated rings. The number of rotatable bonds is 6. The molecule has 1 heterocycles. The molecule has 0 aromatic heterocycles. The van der Waals surface area contributed by atoms with Gasteiger partial charge in [0, 0.05) is 18.4 Å². The van der Waals surface area contributed by atoms with E-state index in [-0.39, 0.29) is 18.3 Å². The zero-order valence-electron chi connectivity index (χ0n) is 17.6. The van der Waals surface area contributed by atoms with E-state index in [4.69, 9.17) is 18.9 Å². The van der Waals surface area contributed by atoms with Crippen LogP contribution in [0.3, 0.4) is 0 Å². The van der Waals surface area contributed by atoms with E-state index >= 15 is 0 Å². The fourth-order valence-corrected chi connectivity index (χ4v) is 3.66. The summed E-state index contributed by atoms with van der Waals surface area (Å²) in [5.74, 6) is -1.27. The van der Waals surface area contributed by atoms with E-state index in [1.54, 1.807) is 25.1 Å². The van der Waals surface area contributed by atoms with Crippen LogP contribution in [0.25, 0.3) is 10.8 Å². The van der Waals surface area contributed by atoms with Gasteiger partial charge in [0.25, 0.3) is 5.79 Å². The number of carbonyl (C=O) groups is 1. The summed E-state index contributed by atoms with van der Waals surface area (Å²) in [6.07, 6.45) is 0.777. The molecule has 0 saturated carbocycles. The van der Waals surface area contributed by atoms with Gasteiger partial charge < -0.3 is 18.9 Å². The molecule has 0 atom stereocenters. The van der Waals surface area contributed by atoms with Crippen LogP contribution in [0.15, 0.2) is 60.7 Å². The summed E-state index contributed by atoms with van der Waals surface area (Å²) < 4.78 is 35.5. The molecule has 0 N–H and O–H groups in total. The van der Waals surface area contributed by atoms with Crippen molar-refractivity contribution in [2.45, 2.75) is 25.7 Å². The minimum atomic E-state index is -1.33. The molecule has 3 aromatic rings. The SMILES string of the molecule is COC(=O)C1(C)OCC(Cc2ccc3cc(OCc4ccccc4F)ccc3c2)CO1. The van der Waals surface area contributed by atoms with E-state index in [0.717, 1.165) is 22.8 Å². The number of hydrogen-bond acceptors (Lipinski definition) is 5. The molecule has 0 spiro atoms. The van der Waals surface area contributed by atoms with Crippen molar-refractivity contribution in [2.24, 2.45) is 5.92 Å². The Labute approximate surface area is 180 Å². The molecule has 0 bridgehead atoms. The molecular weight excluding hydrogens is 399 g/mol. The maximum Gasteiger partial charge on any atom is 0.366 e. The molecule has 1 aliphatic rings. The number of ether oxygens (including phenoxy) is 4. The highest BCUT2D eigenvalue weighted by Gasteiger charge is 2.41. The zero-order chi connectivity index (χ0) is 21.8. The van der Waals surface area contributed by atoms with E-state index in [1.165, 1.54) is 13.2 Å². The summed E-state index contributed by atoms with van der Waals surface area (Å²) in [5, 5.41) is 2.14. The second-order valence-electron chi connectivity index (χ2n) is 7.85. The van der Waals surface area contributed by atoms with Gasteiger partial charge in [0.05, 0.1) is 20.3 Å². The first-order chi connectivity index (χ1) is 15.0. The molecule has 162 valence electrons. The predicted octanol–water partition coefficient (Wildman–Crippen LogP) is 4.65. The Hall–Kier alpha value is -2.96. The van der Waals surface area contributed by atoms with Crippen molar-refractivity contribution in [3.63, 3.8) is 0 Å². The van der Waals surface area contributed by atoms with Gasteiger partial charge in [0.15, 0.2) is 0 Å². The van der Waals surface area contributed by atoms with Crippen LogP contribution in [0.4, 0.5) is 4.39 Å². The van der Waals surface area contributed by atoms with Crippen LogP contribution < -0.4 is 4.74 Å². The highest BCUT2D eigenvalue weighted by molar-refractivity contribution is 5.84. The minimum absolute atomic E-state index is 0.151. The fraction of sp³-hybridized carbons (Fsp3) is 0.320. The minimum Gasteiger partial charge on any atom is -0.489 e. The largest absolute Gasteiger partial charge is 0.489 e. The topological polar surface area (TPSA) is 54.0 Å². The average molecular weight is 424 g/mol. The summed E-state index contributed by atoms with van der Waals surface area (Å²) in [6.45, 7) is 2.61. The first kappa shape index (κ1) is 21.3. The van der Waals surface area contributed by atoms with Crippen LogP contribution in [-0.2, 0) is 32.0 Å². The Morgan fingerprint density at radius 2 is 1.77 bits per heavy atom. The number of esters is 1. The molecule has 6 heteroatoms. The van der Waals surface area contributed by atoms with Crippen molar-refractivity contribution in [1.29, 1.82) is 0 Å². The zero-order valence-corrected chi connectivity index (χ0v) is 17.6. The van der Waals surface area contributed by atoms with Crippen molar-refractivity contribution < 1.29 is 28.1 Å². The number of methoxy groups -OCH3 is 1. The van der Waals surface area contributed by atoms with Crippen LogP contribution >= 0.6 is 0 Å². The third-order valence-corrected chi connectivity index (χ3v) is 5.50. The van der Waals surface area contributed by atoms with E-state index in [0.29, 0.717) is 24.5 Å². The fourth-order valence-electron chi connectivity index (χ4n) is 3.66. The van der Waals surface area contributed by atoms with Crippen molar-refractivity contribution in [1.82, 2.24) is 0 Å². The third kappa shape index (κ3) is 4.86. The van der Waals surface area contributed by atoms with E-state index < -0.39 is 11.8 Å². The van der Waals surface area contributed by atoms with Crippen LogP contribution in [0, 0.1) is 11.7 Å². The summed E-state index contributed by atoms with van der Waals surface area (Å²) in [5.41, 5.74) is 1.68. The Morgan fingerprint density at radius 3 is 2.52 bits per heavy atom. The molecule has 0 radical (unpaired) electrons. The smallest absolute Gasteiger partial charge is 0.366 e. The quantitative estimate of drug-likeness (QED) is 0.539. The normalized spacial score (nSPS) is 21.1. The van der Waals surface area contributed by atoms with Crippen LogP contribution in [-0.4, -0.2) is 32.1 Å². The molecule has 0 unspecified atom stereocenters. The Balaban J connectivity index is 1.38. The Bertz CT molecular complexity index is 1070. The van der Waals surface area contributed by atoms with Crippen LogP contribution in [0.1, 0.15) is 18.1 Å². The standard InChI is InChI=1S/C25H25FO5/c1-25(24(27)28-2)30-14-18(15-31-25)11-17-7-8-20-13-22(10-9-19(20)12-17)29-16-21-5-3-4-6-23(21)26/h3-10,12-13,18H,11,14-16H2,1-2H3. The second-order valence-corrected chi connectivity index (χ2v) is 7.85.